The van der Waals surface area contributed by atoms with Crippen LogP contribution in [0.3, 0.4) is 0 Å². The van der Waals surface area contributed by atoms with Crippen LogP contribution < -0.4 is 0 Å². The monoisotopic (exact) mass is 968 g/mol. The summed E-state index contributed by atoms with van der Waals surface area (Å²) in [7, 11) is 0. The first-order valence-corrected chi connectivity index (χ1v) is 25.2. The van der Waals surface area contributed by atoms with Crippen LogP contribution in [0.5, 0.6) is 0 Å². The molecule has 9 aliphatic rings. The Labute approximate surface area is 398 Å². The number of hydrogen-bond donors (Lipinski definition) is 7. The van der Waals surface area contributed by atoms with E-state index in [1.165, 1.54) is 6.92 Å². The van der Waals surface area contributed by atoms with E-state index in [1.54, 1.807) is 19.9 Å². The molecule has 0 aromatic carbocycles. The summed E-state index contributed by atoms with van der Waals surface area (Å²) in [5, 5.41) is 76.1. The molecule has 0 amide bonds. The number of rotatable bonds is 11. The minimum absolute atomic E-state index is 0.0126. The molecule has 0 radical (unpaired) electrons. The van der Waals surface area contributed by atoms with Gasteiger partial charge in [0.1, 0.15) is 55.4 Å². The summed E-state index contributed by atoms with van der Waals surface area (Å²) in [6.45, 7) is 10.8. The lowest BCUT2D eigenvalue weighted by Crippen LogP contribution is -2.62. The zero-order chi connectivity index (χ0) is 48.6. The second kappa shape index (κ2) is 19.8. The Balaban J connectivity index is 0.746. The molecule has 5 aliphatic heterocycles. The molecular weight excluding hydrogens is 893 g/mol. The molecular formula is C49H76O19. The lowest BCUT2D eigenvalue weighted by molar-refractivity contribution is -0.355. The van der Waals surface area contributed by atoms with Crippen molar-refractivity contribution in [2.24, 2.45) is 34.5 Å². The van der Waals surface area contributed by atoms with Crippen molar-refractivity contribution >= 4 is 11.9 Å². The first-order valence-electron chi connectivity index (χ1n) is 25.2. The van der Waals surface area contributed by atoms with E-state index in [-0.39, 0.29) is 54.0 Å². The second-order valence-electron chi connectivity index (χ2n) is 22.1. The first kappa shape index (κ1) is 51.0. The second-order valence-corrected chi connectivity index (χ2v) is 22.1. The summed E-state index contributed by atoms with van der Waals surface area (Å²) < 4.78 is 60.2. The topological polar surface area (TPSA) is 268 Å². The third kappa shape index (κ3) is 9.36. The summed E-state index contributed by atoms with van der Waals surface area (Å²) in [5.74, 6) is 0.357. The zero-order valence-corrected chi connectivity index (χ0v) is 40.2. The highest BCUT2D eigenvalue weighted by Crippen LogP contribution is 2.70. The summed E-state index contributed by atoms with van der Waals surface area (Å²) in [5.41, 5.74) is 0.0925. The molecule has 0 aromatic rings. The summed E-state index contributed by atoms with van der Waals surface area (Å²) >= 11 is 0. The van der Waals surface area contributed by atoms with Crippen LogP contribution in [0.2, 0.25) is 0 Å². The number of hydrogen-bond acceptors (Lipinski definition) is 19. The van der Waals surface area contributed by atoms with Crippen molar-refractivity contribution < 1.29 is 92.7 Å². The van der Waals surface area contributed by atoms with Gasteiger partial charge in [-0.3, -0.25) is 4.79 Å². The predicted molar refractivity (Wildman–Crippen MR) is 233 cm³/mol. The maximum Gasteiger partial charge on any atom is 0.331 e. The number of aliphatic hydroxyl groups is 7. The summed E-state index contributed by atoms with van der Waals surface area (Å²) in [4.78, 5) is 24.2. The Morgan fingerprint density at radius 3 is 1.94 bits per heavy atom. The molecule has 0 aromatic heterocycles. The number of ether oxygens (including phenoxy) is 10. The van der Waals surface area contributed by atoms with Crippen LogP contribution in [0.15, 0.2) is 11.6 Å². The third-order valence-corrected chi connectivity index (χ3v) is 18.3. The largest absolute Gasteiger partial charge is 0.459 e. The van der Waals surface area contributed by atoms with E-state index in [1.807, 2.05) is 6.92 Å². The molecule has 19 nitrogen and oxygen atoms in total. The highest BCUT2D eigenvalue weighted by atomic mass is 16.8. The molecule has 5 heterocycles. The van der Waals surface area contributed by atoms with Gasteiger partial charge in [0.25, 0.3) is 0 Å². The summed E-state index contributed by atoms with van der Waals surface area (Å²) in [6, 6.07) is 0. The van der Waals surface area contributed by atoms with Gasteiger partial charge in [0.2, 0.25) is 0 Å². The molecule has 0 spiro atoms. The van der Waals surface area contributed by atoms with E-state index in [0.29, 0.717) is 18.4 Å². The number of esters is 2. The number of aliphatic hydroxyl groups excluding tert-OH is 6. The van der Waals surface area contributed by atoms with Crippen LogP contribution >= 0.6 is 0 Å². The predicted octanol–water partition coefficient (Wildman–Crippen LogP) is 1.64. The van der Waals surface area contributed by atoms with Gasteiger partial charge in [-0.2, -0.15) is 0 Å². The van der Waals surface area contributed by atoms with Crippen LogP contribution in [0.4, 0.5) is 0 Å². The fraction of sp³-hybridized carbons (Fsp3) is 0.918. The lowest BCUT2D eigenvalue weighted by atomic mass is 9.43. The average molecular weight is 969 g/mol. The van der Waals surface area contributed by atoms with Gasteiger partial charge >= 0.3 is 11.9 Å². The smallest absolute Gasteiger partial charge is 0.331 e. The highest BCUT2D eigenvalue weighted by Gasteiger charge is 2.68. The van der Waals surface area contributed by atoms with Gasteiger partial charge in [-0.15, -0.1) is 0 Å². The minimum atomic E-state index is -1.68. The van der Waals surface area contributed by atoms with Crippen molar-refractivity contribution in [3.8, 4) is 0 Å². The Kier molecular flexibility index (Phi) is 14.9. The Bertz CT molecular complexity index is 1810. The van der Waals surface area contributed by atoms with Crippen molar-refractivity contribution in [2.45, 2.75) is 235 Å². The molecule has 68 heavy (non-hydrogen) atoms. The Hall–Kier alpha value is -1.92. The number of fused-ring (bicyclic) bond motifs is 5. The molecule has 25 atom stereocenters. The van der Waals surface area contributed by atoms with Crippen molar-refractivity contribution in [2.75, 3.05) is 13.2 Å². The van der Waals surface area contributed by atoms with E-state index in [4.69, 9.17) is 47.4 Å². The fourth-order valence-electron chi connectivity index (χ4n) is 14.6. The fourth-order valence-corrected chi connectivity index (χ4v) is 14.6. The average Bonchev–Trinajstić information content (AvgIpc) is 3.83. The van der Waals surface area contributed by atoms with Gasteiger partial charge in [0.15, 0.2) is 25.2 Å². The minimum Gasteiger partial charge on any atom is -0.459 e. The van der Waals surface area contributed by atoms with Gasteiger partial charge in [0.05, 0.1) is 48.8 Å². The van der Waals surface area contributed by atoms with Crippen molar-refractivity contribution in [3.63, 3.8) is 0 Å². The molecule has 0 unspecified atom stereocenters. The van der Waals surface area contributed by atoms with Crippen molar-refractivity contribution in [1.82, 2.24) is 0 Å². The van der Waals surface area contributed by atoms with Crippen LogP contribution in [0.1, 0.15) is 119 Å². The molecule has 9 rings (SSSR count). The van der Waals surface area contributed by atoms with Crippen LogP contribution in [-0.2, 0) is 57.0 Å². The van der Waals surface area contributed by atoms with Crippen molar-refractivity contribution in [1.29, 1.82) is 0 Å². The number of cyclic esters (lactones) is 1. The molecule has 8 fully saturated rings. The number of carbonyl (C=O) groups excluding carboxylic acids is 2. The van der Waals surface area contributed by atoms with Crippen LogP contribution in [-0.4, -0.2) is 177 Å². The SMILES string of the molecule is CC(=O)O[C@@H]1C[C@H](O[C@H]2[C@H](O)C[C@H](O[C@H]3[C@H](O)C[C@H](O[C@H]4CC[C@@]5(C)[C@@H](CC[C@@H]6[C@@H]5CC[C@]5(C)[C@H](C7=CC(=O)OC7)CC[C@]65O)C4)O[C@@H]3C)O[C@@H]2C)O[C@H](C)[C@H]1O[C@H]1O[C@@H](CO)[C@H](O)[C@@H](O)[C@@H]1O. The first-order chi connectivity index (χ1) is 32.2. The maximum atomic E-state index is 12.6. The van der Waals surface area contributed by atoms with E-state index < -0.39 is 123 Å². The quantitative estimate of drug-likeness (QED) is 0.115. The van der Waals surface area contributed by atoms with Gasteiger partial charge < -0.3 is 83.1 Å². The van der Waals surface area contributed by atoms with Gasteiger partial charge in [0, 0.05) is 37.7 Å². The molecule has 0 bridgehead atoms. The maximum absolute atomic E-state index is 12.6. The normalized spacial score (nSPS) is 52.8. The highest BCUT2D eigenvalue weighted by molar-refractivity contribution is 5.85. The van der Waals surface area contributed by atoms with E-state index >= 15 is 0 Å². The van der Waals surface area contributed by atoms with E-state index in [9.17, 15) is 45.3 Å². The van der Waals surface area contributed by atoms with Crippen molar-refractivity contribution in [3.05, 3.63) is 11.6 Å². The van der Waals surface area contributed by atoms with E-state index in [2.05, 4.69) is 13.8 Å². The molecule has 7 N–H and O–H groups in total. The third-order valence-electron chi connectivity index (χ3n) is 18.3. The molecule has 386 valence electrons. The van der Waals surface area contributed by atoms with Crippen LogP contribution in [0.25, 0.3) is 0 Å². The van der Waals surface area contributed by atoms with Gasteiger partial charge in [-0.25, -0.2) is 4.79 Å². The van der Waals surface area contributed by atoms with Gasteiger partial charge in [-0.1, -0.05) is 13.8 Å². The zero-order valence-electron chi connectivity index (χ0n) is 40.2. The summed E-state index contributed by atoms with van der Waals surface area (Å²) in [6.07, 6.45) is -7.65. The lowest BCUT2D eigenvalue weighted by Gasteiger charge is -2.64. The molecule has 19 heteroatoms. The standard InChI is InChI=1S/C49H76O19/c1-22-43(66-38-18-33(53)44(23(2)61-38)67-39-19-34(63-25(4)51)45(24(3)62-39)68-46-42(57)41(56)40(55)35(20-50)65-46)32(52)17-37(60-22)64-28-9-12-47(5)27(16-28)7-8-31-30(47)10-13-48(6)29(11-14-49(31,48)58)26-15-36(54)59-21-26/h15,22-24,27-35,37-46,50,52-53,55-58H,7-14,16-21H2,1-6H3/t22-,23-,24-,27+,28+,29+,30+,31-,32-,33-,34-,35+,37+,38+,39+,40+,41-,42+,43-,44-,45-,46-,47+,48-,49+/m1/s1. The Morgan fingerprint density at radius 2 is 1.34 bits per heavy atom. The number of carbonyl (C=O) groups is 2. The van der Waals surface area contributed by atoms with Gasteiger partial charge in [-0.05, 0) is 113 Å². The van der Waals surface area contributed by atoms with E-state index in [0.717, 1.165) is 63.4 Å². The molecule has 4 aliphatic carbocycles. The Morgan fingerprint density at radius 1 is 0.706 bits per heavy atom. The van der Waals surface area contributed by atoms with Crippen LogP contribution in [0, 0.1) is 34.5 Å². The molecule has 4 saturated heterocycles. The molecule has 4 saturated carbocycles.